The fraction of sp³-hybridized carbons (Fsp3) is 0.438. The first-order valence-electron chi connectivity index (χ1n) is 7.55. The van der Waals surface area contributed by atoms with Crippen molar-refractivity contribution in [2.75, 3.05) is 11.9 Å². The van der Waals surface area contributed by atoms with Crippen LogP contribution >= 0.6 is 0 Å². The lowest BCUT2D eigenvalue weighted by Crippen LogP contribution is -2.06. The maximum Gasteiger partial charge on any atom is 0.338 e. The highest BCUT2D eigenvalue weighted by Crippen LogP contribution is 2.12. The average molecular weight is 303 g/mol. The standard InChI is InChI=1S/C16H21N3O3/c1-3-5-10-21-16(20)12-6-8-13(9-7-12)17-11-15-19-18-14(4-2)22-15/h6-9,17H,3-5,10-11H2,1-2H3. The van der Waals surface area contributed by atoms with E-state index in [0.717, 1.165) is 24.9 Å². The highest BCUT2D eigenvalue weighted by atomic mass is 16.5. The molecule has 0 amide bonds. The van der Waals surface area contributed by atoms with Gasteiger partial charge >= 0.3 is 5.97 Å². The predicted octanol–water partition coefficient (Wildman–Crippen LogP) is 3.20. The zero-order valence-corrected chi connectivity index (χ0v) is 13.0. The third kappa shape index (κ3) is 4.58. The molecule has 0 atom stereocenters. The SMILES string of the molecule is CCCCOC(=O)c1ccc(NCc2nnc(CC)o2)cc1. The Bertz CT molecular complexity index is 593. The number of nitrogens with zero attached hydrogens (tertiary/aromatic N) is 2. The molecule has 1 aromatic heterocycles. The van der Waals surface area contributed by atoms with Crippen molar-refractivity contribution in [3.63, 3.8) is 0 Å². The second-order valence-corrected chi connectivity index (χ2v) is 4.86. The van der Waals surface area contributed by atoms with Crippen LogP contribution in [-0.2, 0) is 17.7 Å². The van der Waals surface area contributed by atoms with E-state index in [1.165, 1.54) is 0 Å². The van der Waals surface area contributed by atoms with E-state index in [4.69, 9.17) is 9.15 Å². The number of ether oxygens (including phenoxy) is 1. The molecule has 0 aliphatic heterocycles. The molecule has 0 spiro atoms. The van der Waals surface area contributed by atoms with Crippen molar-refractivity contribution in [1.82, 2.24) is 10.2 Å². The van der Waals surface area contributed by atoms with Gasteiger partial charge in [-0.15, -0.1) is 10.2 Å². The topological polar surface area (TPSA) is 77.2 Å². The van der Waals surface area contributed by atoms with Crippen molar-refractivity contribution >= 4 is 11.7 Å². The first kappa shape index (κ1) is 16.0. The van der Waals surface area contributed by atoms with Crippen LogP contribution in [0.1, 0.15) is 48.8 Å². The van der Waals surface area contributed by atoms with Crippen molar-refractivity contribution in [3.8, 4) is 0 Å². The molecule has 6 heteroatoms. The van der Waals surface area contributed by atoms with Crippen molar-refractivity contribution in [1.29, 1.82) is 0 Å². The number of hydrogen-bond donors (Lipinski definition) is 1. The summed E-state index contributed by atoms with van der Waals surface area (Å²) in [7, 11) is 0. The zero-order valence-electron chi connectivity index (χ0n) is 13.0. The van der Waals surface area contributed by atoms with Gasteiger partial charge in [-0.3, -0.25) is 0 Å². The maximum absolute atomic E-state index is 11.8. The molecule has 0 fully saturated rings. The number of rotatable bonds is 8. The fourth-order valence-corrected chi connectivity index (χ4v) is 1.80. The molecule has 0 unspecified atom stereocenters. The van der Waals surface area contributed by atoms with Crippen LogP contribution in [0.5, 0.6) is 0 Å². The Labute approximate surface area is 129 Å². The Balaban J connectivity index is 1.84. The number of benzene rings is 1. The summed E-state index contributed by atoms with van der Waals surface area (Å²) in [6, 6.07) is 7.13. The Hall–Kier alpha value is -2.37. The fourth-order valence-electron chi connectivity index (χ4n) is 1.80. The van der Waals surface area contributed by atoms with Gasteiger partial charge in [-0.1, -0.05) is 20.3 Å². The molecule has 0 saturated carbocycles. The van der Waals surface area contributed by atoms with E-state index in [1.54, 1.807) is 12.1 Å². The molecule has 0 radical (unpaired) electrons. The summed E-state index contributed by atoms with van der Waals surface area (Å²) in [5.74, 6) is 0.881. The van der Waals surface area contributed by atoms with E-state index in [2.05, 4.69) is 22.4 Å². The van der Waals surface area contributed by atoms with E-state index < -0.39 is 0 Å². The maximum atomic E-state index is 11.8. The molecule has 0 aliphatic rings. The Morgan fingerprint density at radius 3 is 2.55 bits per heavy atom. The number of esters is 1. The molecule has 118 valence electrons. The minimum Gasteiger partial charge on any atom is -0.462 e. The summed E-state index contributed by atoms with van der Waals surface area (Å²) < 4.78 is 10.6. The van der Waals surface area contributed by atoms with Gasteiger partial charge in [0.15, 0.2) is 0 Å². The van der Waals surface area contributed by atoms with Gasteiger partial charge in [0, 0.05) is 12.1 Å². The van der Waals surface area contributed by atoms with E-state index in [-0.39, 0.29) is 5.97 Å². The van der Waals surface area contributed by atoms with Gasteiger partial charge in [0.1, 0.15) is 0 Å². The van der Waals surface area contributed by atoms with Crippen molar-refractivity contribution in [2.45, 2.75) is 39.7 Å². The van der Waals surface area contributed by atoms with Crippen LogP contribution in [0, 0.1) is 0 Å². The highest BCUT2D eigenvalue weighted by molar-refractivity contribution is 5.89. The smallest absolute Gasteiger partial charge is 0.338 e. The Morgan fingerprint density at radius 1 is 1.18 bits per heavy atom. The summed E-state index contributed by atoms with van der Waals surface area (Å²) in [4.78, 5) is 11.8. The molecule has 0 bridgehead atoms. The lowest BCUT2D eigenvalue weighted by Gasteiger charge is -2.06. The summed E-state index contributed by atoms with van der Waals surface area (Å²) in [5, 5.41) is 11.0. The first-order chi connectivity index (χ1) is 10.7. The van der Waals surface area contributed by atoms with E-state index in [9.17, 15) is 4.79 Å². The minimum atomic E-state index is -0.288. The second kappa shape index (κ2) is 8.17. The lowest BCUT2D eigenvalue weighted by atomic mass is 10.2. The van der Waals surface area contributed by atoms with Gasteiger partial charge in [0.25, 0.3) is 0 Å². The van der Waals surface area contributed by atoms with E-state index >= 15 is 0 Å². The van der Waals surface area contributed by atoms with Crippen molar-refractivity contribution < 1.29 is 13.9 Å². The molecule has 1 aromatic carbocycles. The number of nitrogens with one attached hydrogen (secondary N) is 1. The second-order valence-electron chi connectivity index (χ2n) is 4.86. The largest absolute Gasteiger partial charge is 0.462 e. The van der Waals surface area contributed by atoms with Crippen LogP contribution in [0.15, 0.2) is 28.7 Å². The van der Waals surface area contributed by atoms with E-state index in [0.29, 0.717) is 30.5 Å². The van der Waals surface area contributed by atoms with Gasteiger partial charge in [-0.05, 0) is 30.7 Å². The molecular formula is C16H21N3O3. The highest BCUT2D eigenvalue weighted by Gasteiger charge is 2.07. The molecule has 0 aliphatic carbocycles. The van der Waals surface area contributed by atoms with Gasteiger partial charge < -0.3 is 14.5 Å². The summed E-state index contributed by atoms with van der Waals surface area (Å²) in [6.45, 7) is 4.93. The molecule has 2 rings (SSSR count). The van der Waals surface area contributed by atoms with Gasteiger partial charge in [-0.2, -0.15) is 0 Å². The molecular weight excluding hydrogens is 282 g/mol. The lowest BCUT2D eigenvalue weighted by molar-refractivity contribution is 0.0500. The predicted molar refractivity (Wildman–Crippen MR) is 82.6 cm³/mol. The summed E-state index contributed by atoms with van der Waals surface area (Å²) in [6.07, 6.45) is 2.61. The van der Waals surface area contributed by atoms with Gasteiger partial charge in [-0.25, -0.2) is 4.79 Å². The van der Waals surface area contributed by atoms with Crippen molar-refractivity contribution in [3.05, 3.63) is 41.6 Å². The number of carbonyl (C=O) groups excluding carboxylic acids is 1. The average Bonchev–Trinajstić information content (AvgIpc) is 3.01. The van der Waals surface area contributed by atoms with Crippen LogP contribution in [0.2, 0.25) is 0 Å². The number of aromatic nitrogens is 2. The van der Waals surface area contributed by atoms with Gasteiger partial charge in [0.05, 0.1) is 18.7 Å². The van der Waals surface area contributed by atoms with Crippen molar-refractivity contribution in [2.24, 2.45) is 0 Å². The number of aryl methyl sites for hydroxylation is 1. The summed E-state index contributed by atoms with van der Waals surface area (Å²) in [5.41, 5.74) is 1.43. The van der Waals surface area contributed by atoms with Crippen LogP contribution in [0.3, 0.4) is 0 Å². The Morgan fingerprint density at radius 2 is 1.91 bits per heavy atom. The molecule has 2 aromatic rings. The monoisotopic (exact) mass is 303 g/mol. The minimum absolute atomic E-state index is 0.288. The van der Waals surface area contributed by atoms with Crippen LogP contribution in [0.25, 0.3) is 0 Å². The quantitative estimate of drug-likeness (QED) is 0.596. The zero-order chi connectivity index (χ0) is 15.8. The third-order valence-corrected chi connectivity index (χ3v) is 3.11. The van der Waals surface area contributed by atoms with Crippen LogP contribution < -0.4 is 5.32 Å². The number of carbonyl (C=O) groups is 1. The molecule has 0 saturated heterocycles. The Kier molecular flexibility index (Phi) is 5.94. The first-order valence-corrected chi connectivity index (χ1v) is 7.55. The van der Waals surface area contributed by atoms with Crippen LogP contribution in [0.4, 0.5) is 5.69 Å². The molecule has 1 heterocycles. The third-order valence-electron chi connectivity index (χ3n) is 3.11. The van der Waals surface area contributed by atoms with Gasteiger partial charge in [0.2, 0.25) is 11.8 Å². The summed E-state index contributed by atoms with van der Waals surface area (Å²) >= 11 is 0. The number of anilines is 1. The normalized spacial score (nSPS) is 10.5. The van der Waals surface area contributed by atoms with E-state index in [1.807, 2.05) is 19.1 Å². The molecule has 1 N–H and O–H groups in total. The molecule has 6 nitrogen and oxygen atoms in total. The molecule has 22 heavy (non-hydrogen) atoms. The van der Waals surface area contributed by atoms with Crippen LogP contribution in [-0.4, -0.2) is 22.8 Å². The number of unbranched alkanes of at least 4 members (excludes halogenated alkanes) is 1. The number of hydrogen-bond acceptors (Lipinski definition) is 6.